The van der Waals surface area contributed by atoms with Crippen LogP contribution in [0.2, 0.25) is 0 Å². The molecule has 2 atom stereocenters. The van der Waals surface area contributed by atoms with Crippen LogP contribution >= 0.6 is 0 Å². The number of hydrogen-bond donors (Lipinski definition) is 2. The number of rotatable bonds is 4. The molecule has 0 radical (unpaired) electrons. The summed E-state index contributed by atoms with van der Waals surface area (Å²) in [4.78, 5) is 11.3. The maximum atomic E-state index is 11.3. The molecule has 0 aromatic heterocycles. The topological polar surface area (TPSA) is 55.1 Å². The highest BCUT2D eigenvalue weighted by molar-refractivity contribution is 5.82. The third-order valence-corrected chi connectivity index (χ3v) is 2.04. The van der Waals surface area contributed by atoms with Crippen molar-refractivity contribution in [1.82, 2.24) is 5.32 Å². The molecule has 0 saturated carbocycles. The molecule has 0 fully saturated rings. The maximum Gasteiger partial charge on any atom is 0.238 e. The van der Waals surface area contributed by atoms with Crippen molar-refractivity contribution in [2.24, 2.45) is 11.7 Å². The minimum atomic E-state index is -0.578. The summed E-state index contributed by atoms with van der Waals surface area (Å²) >= 11 is 0. The summed E-state index contributed by atoms with van der Waals surface area (Å²) < 4.78 is 0. The highest BCUT2D eigenvalue weighted by Gasteiger charge is 2.15. The standard InChI is InChI=1S/C10H18N2O/c1-5-6-9(11)10(13)12-8(4)7(2)3/h1,7-9H,6,11H2,2-4H3,(H,12,13). The zero-order chi connectivity index (χ0) is 10.4. The van der Waals surface area contributed by atoms with E-state index in [-0.39, 0.29) is 18.4 Å². The van der Waals surface area contributed by atoms with Crippen LogP contribution in [-0.2, 0) is 4.79 Å². The summed E-state index contributed by atoms with van der Waals surface area (Å²) in [7, 11) is 0. The van der Waals surface area contributed by atoms with Crippen LogP contribution in [0.15, 0.2) is 0 Å². The number of amides is 1. The molecular formula is C10H18N2O. The molecular weight excluding hydrogens is 164 g/mol. The first-order valence-corrected chi connectivity index (χ1v) is 4.48. The van der Waals surface area contributed by atoms with E-state index in [2.05, 4.69) is 11.2 Å². The van der Waals surface area contributed by atoms with E-state index in [1.165, 1.54) is 0 Å². The van der Waals surface area contributed by atoms with E-state index >= 15 is 0 Å². The lowest BCUT2D eigenvalue weighted by atomic mass is 10.1. The van der Waals surface area contributed by atoms with Gasteiger partial charge in [-0.1, -0.05) is 13.8 Å². The molecule has 3 heteroatoms. The van der Waals surface area contributed by atoms with Crippen molar-refractivity contribution in [3.8, 4) is 12.3 Å². The number of terminal acetylenes is 1. The fourth-order valence-electron chi connectivity index (χ4n) is 0.718. The number of carbonyl (C=O) groups is 1. The first kappa shape index (κ1) is 12.0. The second-order valence-corrected chi connectivity index (χ2v) is 3.56. The minimum Gasteiger partial charge on any atom is -0.352 e. The fraction of sp³-hybridized carbons (Fsp3) is 0.700. The van der Waals surface area contributed by atoms with Gasteiger partial charge in [0.25, 0.3) is 0 Å². The van der Waals surface area contributed by atoms with Gasteiger partial charge in [-0.05, 0) is 12.8 Å². The van der Waals surface area contributed by atoms with E-state index < -0.39 is 6.04 Å². The van der Waals surface area contributed by atoms with E-state index in [1.54, 1.807) is 0 Å². The van der Waals surface area contributed by atoms with Crippen LogP contribution in [0.5, 0.6) is 0 Å². The molecule has 0 rings (SSSR count). The van der Waals surface area contributed by atoms with Gasteiger partial charge in [-0.15, -0.1) is 12.3 Å². The largest absolute Gasteiger partial charge is 0.352 e. The first-order valence-electron chi connectivity index (χ1n) is 4.48. The van der Waals surface area contributed by atoms with Crippen LogP contribution < -0.4 is 11.1 Å². The Morgan fingerprint density at radius 3 is 2.46 bits per heavy atom. The van der Waals surface area contributed by atoms with E-state index in [4.69, 9.17) is 12.2 Å². The Balaban J connectivity index is 3.94. The molecule has 13 heavy (non-hydrogen) atoms. The Morgan fingerprint density at radius 1 is 1.54 bits per heavy atom. The van der Waals surface area contributed by atoms with E-state index in [1.807, 2.05) is 20.8 Å². The van der Waals surface area contributed by atoms with Crippen LogP contribution in [-0.4, -0.2) is 18.0 Å². The summed E-state index contributed by atoms with van der Waals surface area (Å²) in [6.45, 7) is 6.03. The van der Waals surface area contributed by atoms with Crippen LogP contribution in [0, 0.1) is 18.3 Å². The molecule has 0 spiro atoms. The SMILES string of the molecule is C#CCC(N)C(=O)NC(C)C(C)C. The van der Waals surface area contributed by atoms with Crippen LogP contribution in [0.3, 0.4) is 0 Å². The van der Waals surface area contributed by atoms with E-state index in [0.29, 0.717) is 5.92 Å². The predicted octanol–water partition coefficient (Wildman–Crippen LogP) is 0.498. The molecule has 0 aliphatic heterocycles. The highest BCUT2D eigenvalue weighted by Crippen LogP contribution is 2.00. The van der Waals surface area contributed by atoms with Gasteiger partial charge in [-0.25, -0.2) is 0 Å². The average Bonchev–Trinajstić information content (AvgIpc) is 2.04. The van der Waals surface area contributed by atoms with Crippen LogP contribution in [0.4, 0.5) is 0 Å². The zero-order valence-electron chi connectivity index (χ0n) is 8.50. The van der Waals surface area contributed by atoms with Crippen molar-refractivity contribution >= 4 is 5.91 Å². The summed E-state index contributed by atoms with van der Waals surface area (Å²) in [6.07, 6.45) is 5.34. The van der Waals surface area contributed by atoms with Gasteiger partial charge in [0.2, 0.25) is 5.91 Å². The van der Waals surface area contributed by atoms with Gasteiger partial charge < -0.3 is 11.1 Å². The number of carbonyl (C=O) groups excluding carboxylic acids is 1. The molecule has 0 bridgehead atoms. The van der Waals surface area contributed by atoms with Crippen molar-refractivity contribution in [2.75, 3.05) is 0 Å². The second kappa shape index (κ2) is 5.60. The lowest BCUT2D eigenvalue weighted by Crippen LogP contribution is -2.45. The maximum absolute atomic E-state index is 11.3. The first-order chi connectivity index (χ1) is 5.99. The molecule has 0 aliphatic rings. The number of hydrogen-bond acceptors (Lipinski definition) is 2. The second-order valence-electron chi connectivity index (χ2n) is 3.56. The number of nitrogens with two attached hydrogens (primary N) is 1. The van der Waals surface area contributed by atoms with Crippen LogP contribution in [0.1, 0.15) is 27.2 Å². The molecule has 3 nitrogen and oxygen atoms in total. The molecule has 0 aliphatic carbocycles. The average molecular weight is 182 g/mol. The monoisotopic (exact) mass is 182 g/mol. The third-order valence-electron chi connectivity index (χ3n) is 2.04. The highest BCUT2D eigenvalue weighted by atomic mass is 16.2. The Bertz CT molecular complexity index is 205. The normalized spacial score (nSPS) is 14.8. The van der Waals surface area contributed by atoms with Gasteiger partial charge in [-0.2, -0.15) is 0 Å². The summed E-state index contributed by atoms with van der Waals surface area (Å²) in [5.41, 5.74) is 5.52. The van der Waals surface area contributed by atoms with Gasteiger partial charge in [0, 0.05) is 12.5 Å². The Labute approximate surface area is 80.1 Å². The molecule has 3 N–H and O–H groups in total. The van der Waals surface area contributed by atoms with Crippen molar-refractivity contribution < 1.29 is 4.79 Å². The smallest absolute Gasteiger partial charge is 0.238 e. The van der Waals surface area contributed by atoms with Gasteiger partial charge in [0.05, 0.1) is 6.04 Å². The van der Waals surface area contributed by atoms with Crippen molar-refractivity contribution in [3.05, 3.63) is 0 Å². The summed E-state index contributed by atoms with van der Waals surface area (Å²) in [6, 6.07) is -0.442. The molecule has 0 heterocycles. The molecule has 0 aromatic rings. The fourth-order valence-corrected chi connectivity index (χ4v) is 0.718. The quantitative estimate of drug-likeness (QED) is 0.622. The van der Waals surface area contributed by atoms with E-state index in [0.717, 1.165) is 0 Å². The summed E-state index contributed by atoms with van der Waals surface area (Å²) in [5.74, 6) is 2.60. The third kappa shape index (κ3) is 4.54. The van der Waals surface area contributed by atoms with Crippen molar-refractivity contribution in [1.29, 1.82) is 0 Å². The molecule has 74 valence electrons. The van der Waals surface area contributed by atoms with Crippen LogP contribution in [0.25, 0.3) is 0 Å². The Hall–Kier alpha value is -1.01. The van der Waals surface area contributed by atoms with Gasteiger partial charge in [0.1, 0.15) is 0 Å². The minimum absolute atomic E-state index is 0.135. The van der Waals surface area contributed by atoms with Gasteiger partial charge in [0.15, 0.2) is 0 Å². The molecule has 1 amide bonds. The number of nitrogens with one attached hydrogen (secondary N) is 1. The Morgan fingerprint density at radius 2 is 2.08 bits per heavy atom. The van der Waals surface area contributed by atoms with E-state index in [9.17, 15) is 4.79 Å². The predicted molar refractivity (Wildman–Crippen MR) is 53.9 cm³/mol. The summed E-state index contributed by atoms with van der Waals surface area (Å²) in [5, 5.41) is 2.80. The molecule has 2 unspecified atom stereocenters. The van der Waals surface area contributed by atoms with Crippen molar-refractivity contribution in [3.63, 3.8) is 0 Å². The molecule has 0 saturated heterocycles. The Kier molecular flexibility index (Phi) is 5.17. The molecule has 0 aromatic carbocycles. The lowest BCUT2D eigenvalue weighted by molar-refractivity contribution is -0.123. The lowest BCUT2D eigenvalue weighted by Gasteiger charge is -2.19. The zero-order valence-corrected chi connectivity index (χ0v) is 8.50. The van der Waals surface area contributed by atoms with Gasteiger partial charge >= 0.3 is 0 Å². The van der Waals surface area contributed by atoms with Gasteiger partial charge in [-0.3, -0.25) is 4.79 Å². The van der Waals surface area contributed by atoms with Crippen molar-refractivity contribution in [2.45, 2.75) is 39.3 Å².